The summed E-state index contributed by atoms with van der Waals surface area (Å²) in [5, 5.41) is 6.04. The van der Waals surface area contributed by atoms with Crippen LogP contribution in [0, 0.1) is 17.3 Å². The number of nitrogens with zero attached hydrogens (tertiary/aromatic N) is 1. The third-order valence-electron chi connectivity index (χ3n) is 4.34. The molecule has 0 spiro atoms. The second kappa shape index (κ2) is 6.94. The average molecular weight is 308 g/mol. The molecule has 0 aliphatic heterocycles. The summed E-state index contributed by atoms with van der Waals surface area (Å²) in [6.07, 6.45) is 5.11. The highest BCUT2D eigenvalue weighted by Crippen LogP contribution is 2.40. The van der Waals surface area contributed by atoms with E-state index < -0.39 is 5.91 Å². The Hall–Kier alpha value is -1.85. The van der Waals surface area contributed by atoms with E-state index in [2.05, 4.69) is 35.8 Å². The number of hydrogen-bond donors (Lipinski definition) is 1. The van der Waals surface area contributed by atoms with Crippen molar-refractivity contribution in [3.05, 3.63) is 12.3 Å². The smallest absolute Gasteiger partial charge is 0.309 e. The van der Waals surface area contributed by atoms with E-state index in [1.165, 1.54) is 12.3 Å². The van der Waals surface area contributed by atoms with Crippen molar-refractivity contribution in [2.75, 3.05) is 11.9 Å². The molecular weight excluding hydrogens is 284 g/mol. The lowest BCUT2D eigenvalue weighted by molar-refractivity contribution is -0.153. The molecule has 1 fully saturated rings. The van der Waals surface area contributed by atoms with E-state index in [1.54, 1.807) is 0 Å². The number of carbonyl (C=O) groups is 2. The van der Waals surface area contributed by atoms with Crippen molar-refractivity contribution in [3.8, 4) is 0 Å². The van der Waals surface area contributed by atoms with Crippen LogP contribution in [0.1, 0.15) is 46.5 Å². The van der Waals surface area contributed by atoms with Crippen LogP contribution in [0.15, 0.2) is 16.9 Å². The summed E-state index contributed by atoms with van der Waals surface area (Å²) in [5.74, 6) is 0.186. The van der Waals surface area contributed by atoms with Gasteiger partial charge in [0.25, 0.3) is 5.91 Å². The maximum absolute atomic E-state index is 12.0. The first-order valence-corrected chi connectivity index (χ1v) is 7.73. The summed E-state index contributed by atoms with van der Waals surface area (Å²) >= 11 is 0. The van der Waals surface area contributed by atoms with Gasteiger partial charge in [0.1, 0.15) is 6.26 Å². The highest BCUT2D eigenvalue weighted by atomic mass is 16.5. The molecule has 1 amide bonds. The molecule has 1 heterocycles. The van der Waals surface area contributed by atoms with E-state index in [4.69, 9.17) is 4.74 Å². The van der Waals surface area contributed by atoms with Gasteiger partial charge in [0.05, 0.1) is 5.92 Å². The van der Waals surface area contributed by atoms with Crippen LogP contribution in [0.2, 0.25) is 0 Å². The molecule has 0 atom stereocenters. The normalized spacial score (nSPS) is 22.1. The molecule has 1 aliphatic carbocycles. The molecule has 1 N–H and O–H groups in total. The van der Waals surface area contributed by atoms with Gasteiger partial charge in [-0.1, -0.05) is 25.9 Å². The largest absolute Gasteiger partial charge is 0.455 e. The molecule has 1 saturated carbocycles. The van der Waals surface area contributed by atoms with Crippen molar-refractivity contribution >= 4 is 17.7 Å². The van der Waals surface area contributed by atoms with Crippen LogP contribution < -0.4 is 5.32 Å². The number of esters is 1. The summed E-state index contributed by atoms with van der Waals surface area (Å²) in [4.78, 5) is 23.6. The zero-order chi connectivity index (χ0) is 16.2. The van der Waals surface area contributed by atoms with Gasteiger partial charge in [-0.2, -0.15) is 0 Å². The Labute approximate surface area is 130 Å². The van der Waals surface area contributed by atoms with Crippen LogP contribution in [-0.2, 0) is 14.3 Å². The number of ether oxygens (including phenoxy) is 1. The molecule has 0 aromatic carbocycles. The van der Waals surface area contributed by atoms with Crippen molar-refractivity contribution in [3.63, 3.8) is 0 Å². The third kappa shape index (κ3) is 4.58. The Morgan fingerprint density at radius 3 is 2.55 bits per heavy atom. The maximum atomic E-state index is 12.0. The molecule has 22 heavy (non-hydrogen) atoms. The number of nitrogens with one attached hydrogen (secondary N) is 1. The van der Waals surface area contributed by atoms with Crippen molar-refractivity contribution < 1.29 is 18.8 Å². The Bertz CT molecular complexity index is 497. The van der Waals surface area contributed by atoms with Crippen LogP contribution in [-0.4, -0.2) is 23.6 Å². The number of anilines is 1. The van der Waals surface area contributed by atoms with Crippen molar-refractivity contribution in [2.45, 2.75) is 46.5 Å². The van der Waals surface area contributed by atoms with E-state index in [1.807, 2.05) is 0 Å². The molecular formula is C16H24N2O4. The molecule has 6 nitrogen and oxygen atoms in total. The second-order valence-corrected chi connectivity index (χ2v) is 6.96. The number of carbonyl (C=O) groups excluding carboxylic acids is 2. The van der Waals surface area contributed by atoms with Crippen LogP contribution in [0.5, 0.6) is 0 Å². The number of aromatic nitrogens is 1. The predicted octanol–water partition coefficient (Wildman–Crippen LogP) is 3.01. The van der Waals surface area contributed by atoms with Gasteiger partial charge in [-0.3, -0.25) is 9.59 Å². The molecule has 2 rings (SSSR count). The Balaban J connectivity index is 1.71. The Morgan fingerprint density at radius 1 is 1.32 bits per heavy atom. The summed E-state index contributed by atoms with van der Waals surface area (Å²) in [7, 11) is 0. The summed E-state index contributed by atoms with van der Waals surface area (Å²) in [6.45, 7) is 6.44. The summed E-state index contributed by atoms with van der Waals surface area (Å²) in [5.41, 5.74) is 0.284. The van der Waals surface area contributed by atoms with Gasteiger partial charge in [0.15, 0.2) is 12.4 Å². The first-order valence-electron chi connectivity index (χ1n) is 7.73. The van der Waals surface area contributed by atoms with Crippen molar-refractivity contribution in [2.24, 2.45) is 17.3 Å². The van der Waals surface area contributed by atoms with Gasteiger partial charge in [-0.25, -0.2) is 0 Å². The monoisotopic (exact) mass is 308 g/mol. The molecule has 1 aromatic rings. The third-order valence-corrected chi connectivity index (χ3v) is 4.34. The van der Waals surface area contributed by atoms with Crippen LogP contribution >= 0.6 is 0 Å². The predicted molar refractivity (Wildman–Crippen MR) is 81.0 cm³/mol. The zero-order valence-corrected chi connectivity index (χ0v) is 13.4. The lowest BCUT2D eigenvalue weighted by Crippen LogP contribution is -2.31. The van der Waals surface area contributed by atoms with Crippen molar-refractivity contribution in [1.82, 2.24) is 5.16 Å². The highest BCUT2D eigenvalue weighted by molar-refractivity contribution is 5.91. The van der Waals surface area contributed by atoms with Crippen LogP contribution in [0.25, 0.3) is 0 Å². The lowest BCUT2D eigenvalue weighted by atomic mass is 9.70. The van der Waals surface area contributed by atoms with E-state index in [0.717, 1.165) is 25.7 Å². The highest BCUT2D eigenvalue weighted by Gasteiger charge is 2.33. The van der Waals surface area contributed by atoms with E-state index >= 15 is 0 Å². The van der Waals surface area contributed by atoms with Crippen LogP contribution in [0.3, 0.4) is 0 Å². The Kier molecular flexibility index (Phi) is 5.21. The molecule has 122 valence electrons. The first-order chi connectivity index (χ1) is 10.4. The molecule has 6 heteroatoms. The topological polar surface area (TPSA) is 81.4 Å². The average Bonchev–Trinajstić information content (AvgIpc) is 2.97. The lowest BCUT2D eigenvalue weighted by Gasteiger charge is -2.36. The molecule has 0 bridgehead atoms. The van der Waals surface area contributed by atoms with Crippen LogP contribution in [0.4, 0.5) is 5.82 Å². The minimum atomic E-state index is -0.411. The first kappa shape index (κ1) is 16.5. The molecule has 1 aromatic heterocycles. The summed E-state index contributed by atoms with van der Waals surface area (Å²) < 4.78 is 9.70. The minimum Gasteiger partial charge on any atom is -0.455 e. The quantitative estimate of drug-likeness (QED) is 0.865. The van der Waals surface area contributed by atoms with Gasteiger partial charge in [0, 0.05) is 6.07 Å². The van der Waals surface area contributed by atoms with Gasteiger partial charge in [-0.05, 0) is 37.0 Å². The fraction of sp³-hybridized carbons (Fsp3) is 0.688. The zero-order valence-electron chi connectivity index (χ0n) is 13.4. The Morgan fingerprint density at radius 2 is 2.00 bits per heavy atom. The molecule has 1 aliphatic rings. The molecule has 0 saturated heterocycles. The van der Waals surface area contributed by atoms with E-state index in [-0.39, 0.29) is 23.9 Å². The van der Waals surface area contributed by atoms with Gasteiger partial charge >= 0.3 is 5.97 Å². The fourth-order valence-corrected chi connectivity index (χ4v) is 2.91. The van der Waals surface area contributed by atoms with Gasteiger partial charge in [-0.15, -0.1) is 0 Å². The standard InChI is InChI=1S/C16H24N2O4/c1-16(2,3)12-6-4-11(5-7-12)15(20)21-10-14(19)17-13-8-9-22-18-13/h8-9,11-12H,4-7,10H2,1-3H3,(H,17,18,19). The minimum absolute atomic E-state index is 0.0848. The number of hydrogen-bond acceptors (Lipinski definition) is 5. The second-order valence-electron chi connectivity index (χ2n) is 6.96. The van der Waals surface area contributed by atoms with Crippen molar-refractivity contribution in [1.29, 1.82) is 0 Å². The SMILES string of the molecule is CC(C)(C)C1CCC(C(=O)OCC(=O)Nc2ccon2)CC1. The van der Waals surface area contributed by atoms with Gasteiger partial charge < -0.3 is 14.6 Å². The van der Waals surface area contributed by atoms with Gasteiger partial charge in [0.2, 0.25) is 0 Å². The number of amides is 1. The number of rotatable bonds is 4. The fourth-order valence-electron chi connectivity index (χ4n) is 2.91. The van der Waals surface area contributed by atoms with E-state index in [9.17, 15) is 9.59 Å². The van der Waals surface area contributed by atoms with E-state index in [0.29, 0.717) is 11.7 Å². The molecule has 0 unspecified atom stereocenters. The molecule has 0 radical (unpaired) electrons. The summed E-state index contributed by atoms with van der Waals surface area (Å²) in [6, 6.07) is 1.52. The maximum Gasteiger partial charge on any atom is 0.309 e.